The summed E-state index contributed by atoms with van der Waals surface area (Å²) in [4.78, 5) is 29.2. The van der Waals surface area contributed by atoms with Crippen molar-refractivity contribution >= 4 is 11.8 Å². The fourth-order valence-electron chi connectivity index (χ4n) is 6.15. The number of pyridine rings is 1. The van der Waals surface area contributed by atoms with E-state index in [0.717, 1.165) is 42.6 Å². The second-order valence-electron chi connectivity index (χ2n) is 9.36. The van der Waals surface area contributed by atoms with Gasteiger partial charge in [0.1, 0.15) is 0 Å². The molecule has 4 aliphatic rings. The summed E-state index contributed by atoms with van der Waals surface area (Å²) >= 11 is 0. The van der Waals surface area contributed by atoms with E-state index in [0.29, 0.717) is 19.6 Å². The molecule has 6 rings (SSSR count). The molecule has 4 aliphatic carbocycles. The number of carbonyl (C=O) groups excluding carboxylic acids is 2. The van der Waals surface area contributed by atoms with E-state index in [1.54, 1.807) is 23.3 Å². The molecule has 0 aromatic carbocycles. The molecule has 4 bridgehead atoms. The molecule has 0 radical (unpaired) electrons. The summed E-state index contributed by atoms with van der Waals surface area (Å²) in [5.74, 6) is 2.22. The second-order valence-corrected chi connectivity index (χ2v) is 9.36. The highest BCUT2D eigenvalue weighted by molar-refractivity contribution is 5.91. The first-order valence-electron chi connectivity index (χ1n) is 11.0. The molecule has 2 amide bonds. The van der Waals surface area contributed by atoms with E-state index in [4.69, 9.17) is 0 Å². The molecule has 30 heavy (non-hydrogen) atoms. The van der Waals surface area contributed by atoms with Gasteiger partial charge in [0.2, 0.25) is 5.91 Å². The lowest BCUT2D eigenvalue weighted by atomic mass is 9.49. The van der Waals surface area contributed by atoms with Crippen molar-refractivity contribution in [2.24, 2.45) is 23.2 Å². The Morgan fingerprint density at radius 3 is 2.37 bits per heavy atom. The van der Waals surface area contributed by atoms with Gasteiger partial charge in [-0.1, -0.05) is 5.21 Å². The first kappa shape index (κ1) is 19.2. The predicted molar refractivity (Wildman–Crippen MR) is 109 cm³/mol. The Kier molecular flexibility index (Phi) is 5.00. The number of hydrogen-bond donors (Lipinski definition) is 2. The van der Waals surface area contributed by atoms with E-state index in [-0.39, 0.29) is 22.9 Å². The standard InChI is InChI=1S/C22H28N6O2/c29-20(25-13-15-1-3-23-4-2-15)19-14-28(27-26-19)6-5-24-21(30)22-10-16-7-17(11-22)9-18(8-16)12-22/h1-4,14,16-18H,5-13H2,(H,24,30)(H,25,29). The Labute approximate surface area is 175 Å². The minimum atomic E-state index is -0.268. The molecule has 2 aromatic rings. The van der Waals surface area contributed by atoms with Crippen molar-refractivity contribution < 1.29 is 9.59 Å². The first-order valence-corrected chi connectivity index (χ1v) is 11.0. The Hall–Kier alpha value is -2.77. The lowest BCUT2D eigenvalue weighted by molar-refractivity contribution is -0.146. The van der Waals surface area contributed by atoms with E-state index in [1.807, 2.05) is 12.1 Å². The van der Waals surface area contributed by atoms with Gasteiger partial charge in [0, 0.05) is 30.9 Å². The molecule has 2 aromatic heterocycles. The highest BCUT2D eigenvalue weighted by Gasteiger charge is 2.54. The molecule has 0 spiro atoms. The molecular formula is C22H28N6O2. The zero-order valence-corrected chi connectivity index (χ0v) is 17.1. The number of hydrogen-bond acceptors (Lipinski definition) is 5. The number of carbonyl (C=O) groups is 2. The zero-order chi connectivity index (χ0) is 20.6. The van der Waals surface area contributed by atoms with Crippen molar-refractivity contribution in [3.63, 3.8) is 0 Å². The van der Waals surface area contributed by atoms with E-state index < -0.39 is 0 Å². The van der Waals surface area contributed by atoms with Gasteiger partial charge >= 0.3 is 0 Å². The van der Waals surface area contributed by atoms with E-state index in [1.165, 1.54) is 19.3 Å². The summed E-state index contributed by atoms with van der Waals surface area (Å²) in [7, 11) is 0. The van der Waals surface area contributed by atoms with E-state index in [2.05, 4.69) is 25.9 Å². The maximum atomic E-state index is 13.0. The quantitative estimate of drug-likeness (QED) is 0.729. The molecule has 2 N–H and O–H groups in total. The average molecular weight is 409 g/mol. The third-order valence-electron chi connectivity index (χ3n) is 7.12. The Bertz CT molecular complexity index is 889. The van der Waals surface area contributed by atoms with Crippen molar-refractivity contribution in [3.05, 3.63) is 42.0 Å². The van der Waals surface area contributed by atoms with Crippen molar-refractivity contribution in [2.45, 2.75) is 51.6 Å². The third-order valence-corrected chi connectivity index (χ3v) is 7.12. The van der Waals surface area contributed by atoms with Gasteiger partial charge in [-0.25, -0.2) is 4.68 Å². The van der Waals surface area contributed by atoms with Gasteiger partial charge in [0.05, 0.1) is 12.7 Å². The van der Waals surface area contributed by atoms with Gasteiger partial charge in [-0.15, -0.1) is 5.10 Å². The van der Waals surface area contributed by atoms with Crippen molar-refractivity contribution in [2.75, 3.05) is 6.54 Å². The average Bonchev–Trinajstić information content (AvgIpc) is 3.21. The Balaban J connectivity index is 1.10. The number of rotatable bonds is 7. The minimum Gasteiger partial charge on any atom is -0.354 e. The first-order chi connectivity index (χ1) is 14.6. The lowest BCUT2D eigenvalue weighted by Crippen LogP contribution is -2.53. The zero-order valence-electron chi connectivity index (χ0n) is 17.1. The van der Waals surface area contributed by atoms with Gasteiger partial charge in [0.25, 0.3) is 5.91 Å². The summed E-state index contributed by atoms with van der Waals surface area (Å²) in [5, 5.41) is 13.9. The topological polar surface area (TPSA) is 102 Å². The van der Waals surface area contributed by atoms with Crippen LogP contribution in [0.1, 0.15) is 54.6 Å². The van der Waals surface area contributed by atoms with Crippen molar-refractivity contribution in [1.82, 2.24) is 30.6 Å². The predicted octanol–water partition coefficient (Wildman–Crippen LogP) is 1.94. The highest BCUT2D eigenvalue weighted by atomic mass is 16.2. The third kappa shape index (κ3) is 3.82. The van der Waals surface area contributed by atoms with Gasteiger partial charge in [-0.3, -0.25) is 14.6 Å². The van der Waals surface area contributed by atoms with Crippen LogP contribution in [0.25, 0.3) is 0 Å². The van der Waals surface area contributed by atoms with Gasteiger partial charge in [0.15, 0.2) is 5.69 Å². The van der Waals surface area contributed by atoms with Crippen LogP contribution in [0, 0.1) is 23.2 Å². The summed E-state index contributed by atoms with van der Waals surface area (Å²) in [5.41, 5.74) is 1.12. The monoisotopic (exact) mass is 408 g/mol. The molecule has 0 unspecified atom stereocenters. The van der Waals surface area contributed by atoms with Crippen LogP contribution in [0.2, 0.25) is 0 Å². The smallest absolute Gasteiger partial charge is 0.273 e. The molecule has 4 saturated carbocycles. The van der Waals surface area contributed by atoms with Gasteiger partial charge in [-0.2, -0.15) is 0 Å². The largest absolute Gasteiger partial charge is 0.354 e. The normalized spacial score (nSPS) is 29.0. The Morgan fingerprint density at radius 1 is 1.03 bits per heavy atom. The number of nitrogens with zero attached hydrogens (tertiary/aromatic N) is 4. The molecule has 0 aliphatic heterocycles. The van der Waals surface area contributed by atoms with Gasteiger partial charge < -0.3 is 10.6 Å². The molecule has 8 nitrogen and oxygen atoms in total. The lowest BCUT2D eigenvalue weighted by Gasteiger charge is -2.55. The molecule has 0 saturated heterocycles. The van der Waals surface area contributed by atoms with Crippen molar-refractivity contribution in [1.29, 1.82) is 0 Å². The van der Waals surface area contributed by atoms with Crippen LogP contribution in [0.3, 0.4) is 0 Å². The van der Waals surface area contributed by atoms with Crippen LogP contribution in [-0.2, 0) is 17.9 Å². The molecule has 2 heterocycles. The van der Waals surface area contributed by atoms with Crippen LogP contribution < -0.4 is 10.6 Å². The summed E-state index contributed by atoms with van der Waals surface area (Å²) in [6.07, 6.45) is 12.2. The summed E-state index contributed by atoms with van der Waals surface area (Å²) in [6, 6.07) is 3.70. The second kappa shape index (κ2) is 7.81. The van der Waals surface area contributed by atoms with Gasteiger partial charge in [-0.05, 0) is 74.0 Å². The fourth-order valence-corrected chi connectivity index (χ4v) is 6.15. The number of nitrogens with one attached hydrogen (secondary N) is 2. The van der Waals surface area contributed by atoms with Crippen LogP contribution in [0.4, 0.5) is 0 Å². The van der Waals surface area contributed by atoms with Crippen LogP contribution in [0.15, 0.2) is 30.7 Å². The van der Waals surface area contributed by atoms with Crippen LogP contribution in [-0.4, -0.2) is 38.3 Å². The summed E-state index contributed by atoms with van der Waals surface area (Å²) in [6.45, 7) is 1.42. The molecule has 8 heteroatoms. The molecule has 4 fully saturated rings. The molecule has 0 atom stereocenters. The van der Waals surface area contributed by atoms with E-state index >= 15 is 0 Å². The van der Waals surface area contributed by atoms with E-state index in [9.17, 15) is 9.59 Å². The SMILES string of the molecule is O=C(NCc1ccncc1)c1cn(CCNC(=O)C23CC4CC(CC(C4)C2)C3)nn1. The number of aromatic nitrogens is 4. The number of amides is 2. The highest BCUT2D eigenvalue weighted by Crippen LogP contribution is 2.60. The maximum Gasteiger partial charge on any atom is 0.273 e. The Morgan fingerprint density at radius 2 is 1.70 bits per heavy atom. The summed E-state index contributed by atoms with van der Waals surface area (Å²) < 4.78 is 1.61. The molecular weight excluding hydrogens is 380 g/mol. The van der Waals surface area contributed by atoms with Crippen LogP contribution >= 0.6 is 0 Å². The minimum absolute atomic E-state index is 0.130. The van der Waals surface area contributed by atoms with Crippen molar-refractivity contribution in [3.8, 4) is 0 Å². The molecule has 158 valence electrons. The van der Waals surface area contributed by atoms with Crippen LogP contribution in [0.5, 0.6) is 0 Å². The fraction of sp³-hybridized carbons (Fsp3) is 0.591. The maximum absolute atomic E-state index is 13.0.